The molecule has 2 aromatic heterocycles. The number of rotatable bonds is 5. The third-order valence-electron chi connectivity index (χ3n) is 3.74. The number of likely N-dealkylation sites (N-methyl/N-ethyl adjacent to an activating group) is 1. The molecule has 3 rings (SSSR count). The highest BCUT2D eigenvalue weighted by Gasteiger charge is 2.13. The van der Waals surface area contributed by atoms with Crippen molar-refractivity contribution in [2.45, 2.75) is 6.42 Å². The average molecular weight is 341 g/mol. The Hall–Kier alpha value is -2.66. The van der Waals surface area contributed by atoms with Crippen molar-refractivity contribution in [1.82, 2.24) is 14.8 Å². The SMILES string of the molecule is CN(CCc1ccccn1)c1cnn(-c2ccccc2)c(=O)c1Cl. The van der Waals surface area contributed by atoms with Crippen LogP contribution >= 0.6 is 11.6 Å². The molecule has 122 valence electrons. The molecule has 24 heavy (non-hydrogen) atoms. The van der Waals surface area contributed by atoms with E-state index < -0.39 is 0 Å². The topological polar surface area (TPSA) is 51.0 Å². The summed E-state index contributed by atoms with van der Waals surface area (Å²) in [4.78, 5) is 18.7. The second-order valence-corrected chi connectivity index (χ2v) is 5.77. The minimum absolute atomic E-state index is 0.164. The molecule has 2 heterocycles. The number of pyridine rings is 1. The highest BCUT2D eigenvalue weighted by Crippen LogP contribution is 2.20. The predicted octanol–water partition coefficient (Wildman–Crippen LogP) is 2.96. The largest absolute Gasteiger partial charge is 0.372 e. The highest BCUT2D eigenvalue weighted by molar-refractivity contribution is 6.33. The van der Waals surface area contributed by atoms with Gasteiger partial charge in [-0.2, -0.15) is 9.78 Å². The molecule has 0 radical (unpaired) electrons. The van der Waals surface area contributed by atoms with E-state index in [-0.39, 0.29) is 10.6 Å². The van der Waals surface area contributed by atoms with Crippen LogP contribution in [0.1, 0.15) is 5.69 Å². The number of benzene rings is 1. The molecule has 0 unspecified atom stereocenters. The highest BCUT2D eigenvalue weighted by atomic mass is 35.5. The van der Waals surface area contributed by atoms with Crippen LogP contribution in [-0.2, 0) is 6.42 Å². The van der Waals surface area contributed by atoms with Crippen molar-refractivity contribution in [2.24, 2.45) is 0 Å². The van der Waals surface area contributed by atoms with Crippen LogP contribution in [0, 0.1) is 0 Å². The van der Waals surface area contributed by atoms with E-state index in [1.54, 1.807) is 12.4 Å². The van der Waals surface area contributed by atoms with Crippen LogP contribution in [0.3, 0.4) is 0 Å². The Labute approximate surface area is 145 Å². The molecule has 0 saturated heterocycles. The average Bonchev–Trinajstić information content (AvgIpc) is 2.63. The van der Waals surface area contributed by atoms with Crippen LogP contribution in [-0.4, -0.2) is 28.4 Å². The van der Waals surface area contributed by atoms with Gasteiger partial charge in [0.05, 0.1) is 17.6 Å². The maximum atomic E-state index is 12.5. The quantitative estimate of drug-likeness (QED) is 0.716. The van der Waals surface area contributed by atoms with E-state index in [9.17, 15) is 4.79 Å². The van der Waals surface area contributed by atoms with E-state index in [0.717, 1.165) is 12.1 Å². The van der Waals surface area contributed by atoms with Crippen LogP contribution in [0.5, 0.6) is 0 Å². The van der Waals surface area contributed by atoms with Crippen LogP contribution < -0.4 is 10.5 Å². The summed E-state index contributed by atoms with van der Waals surface area (Å²) in [5, 5.41) is 4.41. The fraction of sp³-hybridized carbons (Fsp3) is 0.167. The second kappa shape index (κ2) is 7.27. The first-order valence-corrected chi connectivity index (χ1v) is 7.99. The van der Waals surface area contributed by atoms with Crippen LogP contribution in [0.4, 0.5) is 5.69 Å². The molecule has 0 fully saturated rings. The maximum Gasteiger partial charge on any atom is 0.292 e. The molecule has 0 N–H and O–H groups in total. The maximum absolute atomic E-state index is 12.5. The number of halogens is 1. The first-order valence-electron chi connectivity index (χ1n) is 7.61. The molecular weight excluding hydrogens is 324 g/mol. The van der Waals surface area contributed by atoms with Gasteiger partial charge in [0.25, 0.3) is 5.56 Å². The normalized spacial score (nSPS) is 10.6. The minimum atomic E-state index is -0.329. The number of hydrogen-bond acceptors (Lipinski definition) is 4. The summed E-state index contributed by atoms with van der Waals surface area (Å²) < 4.78 is 1.30. The second-order valence-electron chi connectivity index (χ2n) is 5.39. The Kier molecular flexibility index (Phi) is 4.91. The van der Waals surface area contributed by atoms with Crippen molar-refractivity contribution in [2.75, 3.05) is 18.5 Å². The molecule has 0 aliphatic carbocycles. The predicted molar refractivity (Wildman–Crippen MR) is 96.1 cm³/mol. The van der Waals surface area contributed by atoms with Gasteiger partial charge in [0.15, 0.2) is 0 Å². The molecule has 6 heteroatoms. The summed E-state index contributed by atoms with van der Waals surface area (Å²) in [5.41, 5.74) is 1.97. The Balaban J connectivity index is 1.81. The zero-order valence-corrected chi connectivity index (χ0v) is 14.0. The summed E-state index contributed by atoms with van der Waals surface area (Å²) in [7, 11) is 1.89. The third kappa shape index (κ3) is 3.46. The van der Waals surface area contributed by atoms with E-state index in [1.807, 2.05) is 60.5 Å². The van der Waals surface area contributed by atoms with E-state index in [1.165, 1.54) is 4.68 Å². The van der Waals surface area contributed by atoms with E-state index in [2.05, 4.69) is 10.1 Å². The fourth-order valence-electron chi connectivity index (χ4n) is 2.39. The summed E-state index contributed by atoms with van der Waals surface area (Å²) in [5.74, 6) is 0. The van der Waals surface area contributed by atoms with E-state index in [0.29, 0.717) is 17.9 Å². The number of para-hydroxylation sites is 1. The fourth-order valence-corrected chi connectivity index (χ4v) is 2.67. The monoisotopic (exact) mass is 340 g/mol. The zero-order chi connectivity index (χ0) is 16.9. The molecule has 0 saturated carbocycles. The van der Waals surface area contributed by atoms with Crippen LogP contribution in [0.25, 0.3) is 5.69 Å². The summed E-state index contributed by atoms with van der Waals surface area (Å²) in [6.07, 6.45) is 4.15. The van der Waals surface area contributed by atoms with Crippen molar-refractivity contribution in [1.29, 1.82) is 0 Å². The Morgan fingerprint density at radius 3 is 2.58 bits per heavy atom. The standard InChI is InChI=1S/C18H17ClN4O/c1-22(12-10-14-7-5-6-11-20-14)16-13-21-23(18(24)17(16)19)15-8-3-2-4-9-15/h2-9,11,13H,10,12H2,1H3. The van der Waals surface area contributed by atoms with Crippen molar-refractivity contribution in [3.05, 3.63) is 82.0 Å². The molecule has 5 nitrogen and oxygen atoms in total. The van der Waals surface area contributed by atoms with Crippen LogP contribution in [0.2, 0.25) is 5.02 Å². The summed E-state index contributed by atoms with van der Waals surface area (Å²) in [6.45, 7) is 0.688. The van der Waals surface area contributed by atoms with E-state index in [4.69, 9.17) is 11.6 Å². The molecule has 0 aliphatic rings. The third-order valence-corrected chi connectivity index (χ3v) is 4.10. The van der Waals surface area contributed by atoms with Crippen molar-refractivity contribution in [3.8, 4) is 5.69 Å². The molecular formula is C18H17ClN4O. The van der Waals surface area contributed by atoms with Crippen molar-refractivity contribution >= 4 is 17.3 Å². The lowest BCUT2D eigenvalue weighted by Gasteiger charge is -2.20. The Morgan fingerprint density at radius 2 is 1.88 bits per heavy atom. The van der Waals surface area contributed by atoms with Crippen LogP contribution in [0.15, 0.2) is 65.7 Å². The van der Waals surface area contributed by atoms with Gasteiger partial charge in [-0.1, -0.05) is 35.9 Å². The van der Waals surface area contributed by atoms with Gasteiger partial charge in [-0.15, -0.1) is 0 Å². The van der Waals surface area contributed by atoms with E-state index >= 15 is 0 Å². The van der Waals surface area contributed by atoms with Gasteiger partial charge in [0.1, 0.15) is 5.02 Å². The molecule has 1 aromatic carbocycles. The summed E-state index contributed by atoms with van der Waals surface area (Å²) in [6, 6.07) is 15.0. The van der Waals surface area contributed by atoms with Gasteiger partial charge < -0.3 is 4.90 Å². The van der Waals surface area contributed by atoms with Gasteiger partial charge in [-0.3, -0.25) is 9.78 Å². The van der Waals surface area contributed by atoms with Gasteiger partial charge in [-0.25, -0.2) is 0 Å². The zero-order valence-electron chi connectivity index (χ0n) is 13.3. The van der Waals surface area contributed by atoms with Gasteiger partial charge in [0, 0.05) is 31.9 Å². The molecule has 0 amide bonds. The van der Waals surface area contributed by atoms with Gasteiger partial charge in [0.2, 0.25) is 0 Å². The lowest BCUT2D eigenvalue weighted by molar-refractivity contribution is 0.788. The lowest BCUT2D eigenvalue weighted by Crippen LogP contribution is -2.27. The number of hydrogen-bond donors (Lipinski definition) is 0. The molecule has 3 aromatic rings. The molecule has 0 aliphatic heterocycles. The Bertz CT molecular complexity index is 865. The van der Waals surface area contributed by atoms with Crippen molar-refractivity contribution < 1.29 is 0 Å². The first kappa shape index (κ1) is 16.2. The van der Waals surface area contributed by atoms with Gasteiger partial charge >= 0.3 is 0 Å². The van der Waals surface area contributed by atoms with Gasteiger partial charge in [-0.05, 0) is 24.3 Å². The lowest BCUT2D eigenvalue weighted by atomic mass is 10.2. The Morgan fingerprint density at radius 1 is 1.12 bits per heavy atom. The molecule has 0 bridgehead atoms. The first-order chi connectivity index (χ1) is 11.7. The minimum Gasteiger partial charge on any atom is -0.372 e. The molecule has 0 spiro atoms. The van der Waals surface area contributed by atoms with Crippen molar-refractivity contribution in [3.63, 3.8) is 0 Å². The number of nitrogens with zero attached hydrogens (tertiary/aromatic N) is 4. The smallest absolute Gasteiger partial charge is 0.292 e. The summed E-state index contributed by atoms with van der Waals surface area (Å²) >= 11 is 6.29. The number of anilines is 1. The molecule has 0 atom stereocenters. The number of aromatic nitrogens is 3.